The molecule has 0 aromatic rings. The molecule has 2 N–H and O–H groups in total. The van der Waals surface area contributed by atoms with Crippen LogP contribution >= 0.6 is 0 Å². The van der Waals surface area contributed by atoms with E-state index in [1.165, 1.54) is 25.7 Å². The van der Waals surface area contributed by atoms with Crippen LogP contribution in [0.25, 0.3) is 0 Å². The van der Waals surface area contributed by atoms with Gasteiger partial charge in [0.1, 0.15) is 0 Å². The first kappa shape index (κ1) is 17.7. The van der Waals surface area contributed by atoms with Crippen molar-refractivity contribution >= 4 is 11.8 Å². The lowest BCUT2D eigenvalue weighted by atomic mass is 9.85. The Morgan fingerprint density at radius 2 is 1.83 bits per heavy atom. The maximum absolute atomic E-state index is 12.8. The highest BCUT2D eigenvalue weighted by atomic mass is 16.2. The number of nitrogens with one attached hydrogen (secondary N) is 2. The second-order valence-electron chi connectivity index (χ2n) is 7.93. The minimum Gasteiger partial charge on any atom is -0.353 e. The third-order valence-corrected chi connectivity index (χ3v) is 5.66. The van der Waals surface area contributed by atoms with E-state index in [4.69, 9.17) is 0 Å². The quantitative estimate of drug-likeness (QED) is 0.788. The second kappa shape index (κ2) is 7.83. The van der Waals surface area contributed by atoms with Crippen LogP contribution in [0.2, 0.25) is 0 Å². The fourth-order valence-electron chi connectivity index (χ4n) is 4.43. The highest BCUT2D eigenvalue weighted by Gasteiger charge is 2.40. The van der Waals surface area contributed by atoms with E-state index in [2.05, 4.69) is 15.5 Å². The van der Waals surface area contributed by atoms with E-state index in [-0.39, 0.29) is 23.9 Å². The van der Waals surface area contributed by atoms with Gasteiger partial charge in [-0.15, -0.1) is 0 Å². The summed E-state index contributed by atoms with van der Waals surface area (Å²) in [5.41, 5.74) is 0. The smallest absolute Gasteiger partial charge is 0.239 e. The molecule has 3 aliphatic rings. The van der Waals surface area contributed by atoms with Crippen molar-refractivity contribution in [2.75, 3.05) is 32.7 Å². The van der Waals surface area contributed by atoms with Crippen molar-refractivity contribution in [1.82, 2.24) is 20.4 Å². The Kier molecular flexibility index (Phi) is 5.76. The van der Waals surface area contributed by atoms with Crippen LogP contribution in [-0.4, -0.2) is 72.5 Å². The van der Waals surface area contributed by atoms with Crippen LogP contribution in [0.1, 0.15) is 46.0 Å². The van der Waals surface area contributed by atoms with Crippen LogP contribution in [-0.2, 0) is 9.59 Å². The van der Waals surface area contributed by atoms with Gasteiger partial charge in [0.25, 0.3) is 0 Å². The fraction of sp³-hybridized carbons (Fsp3) is 0.889. The number of carbonyl (C=O) groups is 2. The molecular weight excluding hydrogens is 304 g/mol. The molecule has 3 fully saturated rings. The molecule has 0 aromatic carbocycles. The molecule has 136 valence electrons. The van der Waals surface area contributed by atoms with Gasteiger partial charge in [0, 0.05) is 38.3 Å². The topological polar surface area (TPSA) is 64.7 Å². The van der Waals surface area contributed by atoms with Crippen molar-refractivity contribution in [2.45, 2.75) is 64.1 Å². The van der Waals surface area contributed by atoms with Gasteiger partial charge >= 0.3 is 0 Å². The average Bonchev–Trinajstić information content (AvgIpc) is 2.98. The maximum atomic E-state index is 12.8. The van der Waals surface area contributed by atoms with E-state index < -0.39 is 0 Å². The zero-order chi connectivity index (χ0) is 17.1. The molecule has 0 bridgehead atoms. The van der Waals surface area contributed by atoms with Crippen molar-refractivity contribution in [3.8, 4) is 0 Å². The molecule has 0 aromatic heterocycles. The SMILES string of the molecule is CC(C)NC(=O)CN1CCN(C(=O)C2CC3CCCCC3N2)CC1. The minimum absolute atomic E-state index is 0.0221. The van der Waals surface area contributed by atoms with E-state index in [0.29, 0.717) is 18.5 Å². The molecule has 2 saturated heterocycles. The Hall–Kier alpha value is -1.14. The van der Waals surface area contributed by atoms with Crippen LogP contribution in [0.5, 0.6) is 0 Å². The van der Waals surface area contributed by atoms with E-state index in [1.54, 1.807) is 0 Å². The predicted octanol–water partition coefficient (Wildman–Crippen LogP) is 0.576. The van der Waals surface area contributed by atoms with Gasteiger partial charge < -0.3 is 15.5 Å². The summed E-state index contributed by atoms with van der Waals surface area (Å²) in [6.07, 6.45) is 6.14. The monoisotopic (exact) mass is 336 g/mol. The summed E-state index contributed by atoms with van der Waals surface area (Å²) in [6, 6.07) is 0.764. The molecule has 0 spiro atoms. The molecule has 2 amide bonds. The van der Waals surface area contributed by atoms with Crippen LogP contribution < -0.4 is 10.6 Å². The first-order valence-corrected chi connectivity index (χ1v) is 9.59. The number of carbonyl (C=O) groups excluding carboxylic acids is 2. The molecule has 2 heterocycles. The summed E-state index contributed by atoms with van der Waals surface area (Å²) in [5, 5.41) is 6.51. The van der Waals surface area contributed by atoms with Gasteiger partial charge in [-0.3, -0.25) is 14.5 Å². The Balaban J connectivity index is 1.43. The normalized spacial score (nSPS) is 31.1. The largest absolute Gasteiger partial charge is 0.353 e. The second-order valence-corrected chi connectivity index (χ2v) is 7.93. The lowest BCUT2D eigenvalue weighted by Crippen LogP contribution is -2.55. The maximum Gasteiger partial charge on any atom is 0.239 e. The fourth-order valence-corrected chi connectivity index (χ4v) is 4.43. The third-order valence-electron chi connectivity index (χ3n) is 5.66. The van der Waals surface area contributed by atoms with Gasteiger partial charge in [-0.1, -0.05) is 12.8 Å². The first-order valence-electron chi connectivity index (χ1n) is 9.59. The molecule has 2 aliphatic heterocycles. The Bertz CT molecular complexity index is 446. The highest BCUT2D eigenvalue weighted by molar-refractivity contribution is 5.82. The molecule has 6 heteroatoms. The molecule has 6 nitrogen and oxygen atoms in total. The zero-order valence-corrected chi connectivity index (χ0v) is 15.1. The molecule has 3 unspecified atom stereocenters. The average molecular weight is 336 g/mol. The number of nitrogens with zero attached hydrogens (tertiary/aromatic N) is 2. The Morgan fingerprint density at radius 1 is 1.12 bits per heavy atom. The summed E-state index contributed by atoms with van der Waals surface area (Å²) in [5.74, 6) is 1.05. The summed E-state index contributed by atoms with van der Waals surface area (Å²) >= 11 is 0. The van der Waals surface area contributed by atoms with Gasteiger partial charge in [-0.05, 0) is 39.0 Å². The lowest BCUT2D eigenvalue weighted by molar-refractivity contribution is -0.135. The highest BCUT2D eigenvalue weighted by Crippen LogP contribution is 2.33. The predicted molar refractivity (Wildman–Crippen MR) is 93.6 cm³/mol. The van der Waals surface area contributed by atoms with E-state index in [9.17, 15) is 9.59 Å². The molecular formula is C18H32N4O2. The Morgan fingerprint density at radius 3 is 2.50 bits per heavy atom. The van der Waals surface area contributed by atoms with Gasteiger partial charge in [-0.2, -0.15) is 0 Å². The molecule has 1 saturated carbocycles. The molecule has 3 atom stereocenters. The van der Waals surface area contributed by atoms with Crippen LogP contribution in [0.4, 0.5) is 0 Å². The van der Waals surface area contributed by atoms with E-state index in [1.807, 2.05) is 18.7 Å². The zero-order valence-electron chi connectivity index (χ0n) is 15.1. The molecule has 24 heavy (non-hydrogen) atoms. The van der Waals surface area contributed by atoms with Crippen LogP contribution in [0.15, 0.2) is 0 Å². The minimum atomic E-state index is 0.0221. The van der Waals surface area contributed by atoms with Gasteiger partial charge in [-0.25, -0.2) is 0 Å². The van der Waals surface area contributed by atoms with Crippen molar-refractivity contribution in [2.24, 2.45) is 5.92 Å². The summed E-state index contributed by atoms with van der Waals surface area (Å²) in [7, 11) is 0. The van der Waals surface area contributed by atoms with Crippen molar-refractivity contribution in [3.63, 3.8) is 0 Å². The summed E-state index contributed by atoms with van der Waals surface area (Å²) in [4.78, 5) is 28.8. The number of fused-ring (bicyclic) bond motifs is 1. The lowest BCUT2D eigenvalue weighted by Gasteiger charge is -2.35. The third kappa shape index (κ3) is 4.28. The number of amides is 2. The number of hydrogen-bond donors (Lipinski definition) is 2. The standard InChI is InChI=1S/C18H32N4O2/c1-13(2)19-17(23)12-21-7-9-22(10-8-21)18(24)16-11-14-5-3-4-6-15(14)20-16/h13-16,20H,3-12H2,1-2H3,(H,19,23). The number of hydrogen-bond acceptors (Lipinski definition) is 4. The van der Waals surface area contributed by atoms with Crippen LogP contribution in [0, 0.1) is 5.92 Å². The van der Waals surface area contributed by atoms with E-state index >= 15 is 0 Å². The van der Waals surface area contributed by atoms with Crippen molar-refractivity contribution < 1.29 is 9.59 Å². The number of rotatable bonds is 4. The van der Waals surface area contributed by atoms with Crippen LogP contribution in [0.3, 0.4) is 0 Å². The van der Waals surface area contributed by atoms with Crippen molar-refractivity contribution in [3.05, 3.63) is 0 Å². The van der Waals surface area contributed by atoms with Crippen molar-refractivity contribution in [1.29, 1.82) is 0 Å². The van der Waals surface area contributed by atoms with Gasteiger partial charge in [0.2, 0.25) is 11.8 Å². The summed E-state index contributed by atoms with van der Waals surface area (Å²) in [6.45, 7) is 7.43. The van der Waals surface area contributed by atoms with Gasteiger partial charge in [0.15, 0.2) is 0 Å². The molecule has 0 radical (unpaired) electrons. The molecule has 3 rings (SSSR count). The summed E-state index contributed by atoms with van der Waals surface area (Å²) < 4.78 is 0. The first-order chi connectivity index (χ1) is 11.5. The Labute approximate surface area is 145 Å². The number of piperazine rings is 1. The molecule has 1 aliphatic carbocycles. The van der Waals surface area contributed by atoms with E-state index in [0.717, 1.165) is 32.6 Å². The van der Waals surface area contributed by atoms with Gasteiger partial charge in [0.05, 0.1) is 12.6 Å².